The molecule has 0 spiro atoms. The SMILES string of the molecule is Cc1ccc(S(=O)(=O)CCOc2ccsc2)cc1. The van der Waals surface area contributed by atoms with Crippen molar-refractivity contribution in [3.8, 4) is 5.75 Å². The first-order chi connectivity index (χ1) is 8.58. The Morgan fingerprint density at radius 2 is 1.89 bits per heavy atom. The Morgan fingerprint density at radius 3 is 2.50 bits per heavy atom. The van der Waals surface area contributed by atoms with Gasteiger partial charge in [-0.3, -0.25) is 0 Å². The van der Waals surface area contributed by atoms with Crippen LogP contribution in [0, 0.1) is 6.92 Å². The van der Waals surface area contributed by atoms with E-state index < -0.39 is 9.84 Å². The van der Waals surface area contributed by atoms with Crippen LogP contribution in [0.5, 0.6) is 5.75 Å². The van der Waals surface area contributed by atoms with E-state index in [1.807, 2.05) is 23.8 Å². The smallest absolute Gasteiger partial charge is 0.181 e. The fourth-order valence-electron chi connectivity index (χ4n) is 1.47. The summed E-state index contributed by atoms with van der Waals surface area (Å²) in [4.78, 5) is 0.349. The van der Waals surface area contributed by atoms with Crippen molar-refractivity contribution in [3.63, 3.8) is 0 Å². The van der Waals surface area contributed by atoms with Crippen molar-refractivity contribution >= 4 is 21.2 Å². The van der Waals surface area contributed by atoms with Crippen LogP contribution in [0.3, 0.4) is 0 Å². The molecule has 2 rings (SSSR count). The van der Waals surface area contributed by atoms with Crippen LogP contribution in [0.1, 0.15) is 5.56 Å². The highest BCUT2D eigenvalue weighted by molar-refractivity contribution is 7.91. The van der Waals surface area contributed by atoms with E-state index in [0.29, 0.717) is 4.90 Å². The summed E-state index contributed by atoms with van der Waals surface area (Å²) in [5, 5.41) is 3.74. The molecule has 3 nitrogen and oxygen atoms in total. The molecular formula is C13H14O3S2. The lowest BCUT2D eigenvalue weighted by Gasteiger charge is -2.06. The summed E-state index contributed by atoms with van der Waals surface area (Å²) in [6, 6.07) is 8.69. The molecule has 0 unspecified atom stereocenters. The highest BCUT2D eigenvalue weighted by Gasteiger charge is 2.14. The van der Waals surface area contributed by atoms with Gasteiger partial charge in [0.25, 0.3) is 0 Å². The van der Waals surface area contributed by atoms with Crippen molar-refractivity contribution < 1.29 is 13.2 Å². The average molecular weight is 282 g/mol. The maximum atomic E-state index is 12.0. The third kappa shape index (κ3) is 3.34. The number of thiophene rings is 1. The molecule has 0 radical (unpaired) electrons. The zero-order valence-electron chi connectivity index (χ0n) is 10.00. The summed E-state index contributed by atoms with van der Waals surface area (Å²) >= 11 is 1.52. The molecule has 0 fully saturated rings. The molecule has 1 aromatic heterocycles. The van der Waals surface area contributed by atoms with E-state index in [1.165, 1.54) is 11.3 Å². The summed E-state index contributed by atoms with van der Waals surface area (Å²) in [5.41, 5.74) is 1.04. The normalized spacial score (nSPS) is 11.4. The molecule has 0 aliphatic rings. The van der Waals surface area contributed by atoms with Gasteiger partial charge >= 0.3 is 0 Å². The molecule has 0 aliphatic carbocycles. The van der Waals surface area contributed by atoms with Gasteiger partial charge in [0.2, 0.25) is 0 Å². The molecule has 18 heavy (non-hydrogen) atoms. The van der Waals surface area contributed by atoms with Crippen LogP contribution in [0.25, 0.3) is 0 Å². The topological polar surface area (TPSA) is 43.4 Å². The molecule has 0 amide bonds. The number of rotatable bonds is 5. The van der Waals surface area contributed by atoms with Gasteiger partial charge in [-0.15, -0.1) is 11.3 Å². The van der Waals surface area contributed by atoms with Crippen LogP contribution in [0.4, 0.5) is 0 Å². The first kappa shape index (κ1) is 13.1. The molecule has 96 valence electrons. The van der Waals surface area contributed by atoms with Crippen LogP contribution >= 0.6 is 11.3 Å². The van der Waals surface area contributed by atoms with Gasteiger partial charge in [0.1, 0.15) is 12.4 Å². The second kappa shape index (κ2) is 5.54. The predicted octanol–water partition coefficient (Wildman–Crippen LogP) is 2.91. The molecule has 0 saturated carbocycles. The van der Waals surface area contributed by atoms with Gasteiger partial charge in [-0.05, 0) is 30.5 Å². The fraction of sp³-hybridized carbons (Fsp3) is 0.231. The molecule has 5 heteroatoms. The van der Waals surface area contributed by atoms with E-state index >= 15 is 0 Å². The van der Waals surface area contributed by atoms with E-state index in [0.717, 1.165) is 11.3 Å². The minimum absolute atomic E-state index is 0.00803. The van der Waals surface area contributed by atoms with E-state index in [4.69, 9.17) is 4.74 Å². The lowest BCUT2D eigenvalue weighted by Crippen LogP contribution is -2.14. The fourth-order valence-corrected chi connectivity index (χ4v) is 3.13. The van der Waals surface area contributed by atoms with Crippen molar-refractivity contribution in [1.82, 2.24) is 0 Å². The standard InChI is InChI=1S/C13H14O3S2/c1-11-2-4-13(5-3-11)18(14,15)9-7-16-12-6-8-17-10-12/h2-6,8,10H,7,9H2,1H3. The van der Waals surface area contributed by atoms with Crippen molar-refractivity contribution in [1.29, 1.82) is 0 Å². The van der Waals surface area contributed by atoms with Gasteiger partial charge in [0.15, 0.2) is 9.84 Å². The summed E-state index contributed by atoms with van der Waals surface area (Å²) in [6.07, 6.45) is 0. The van der Waals surface area contributed by atoms with E-state index in [-0.39, 0.29) is 12.4 Å². The molecule has 0 aliphatic heterocycles. The molecule has 1 heterocycles. The molecular weight excluding hydrogens is 268 g/mol. The third-order valence-corrected chi connectivity index (χ3v) is 4.85. The van der Waals surface area contributed by atoms with Gasteiger partial charge in [-0.1, -0.05) is 17.7 Å². The van der Waals surface area contributed by atoms with Crippen LogP contribution in [-0.2, 0) is 9.84 Å². The minimum Gasteiger partial charge on any atom is -0.492 e. The Balaban J connectivity index is 1.97. The predicted molar refractivity (Wildman–Crippen MR) is 73.0 cm³/mol. The summed E-state index contributed by atoms with van der Waals surface area (Å²) < 4.78 is 29.3. The van der Waals surface area contributed by atoms with Gasteiger partial charge in [-0.2, -0.15) is 0 Å². The van der Waals surface area contributed by atoms with Gasteiger partial charge in [-0.25, -0.2) is 8.42 Å². The number of aryl methyl sites for hydroxylation is 1. The van der Waals surface area contributed by atoms with Crippen LogP contribution in [-0.4, -0.2) is 20.8 Å². The monoisotopic (exact) mass is 282 g/mol. The molecule has 2 aromatic rings. The van der Waals surface area contributed by atoms with E-state index in [1.54, 1.807) is 24.3 Å². The summed E-state index contributed by atoms with van der Waals surface area (Å²) in [7, 11) is -3.25. The highest BCUT2D eigenvalue weighted by Crippen LogP contribution is 2.16. The van der Waals surface area contributed by atoms with Gasteiger partial charge < -0.3 is 4.74 Å². The Kier molecular flexibility index (Phi) is 4.04. The first-order valence-corrected chi connectivity index (χ1v) is 8.12. The first-order valence-electron chi connectivity index (χ1n) is 5.52. The summed E-state index contributed by atoms with van der Waals surface area (Å²) in [5.74, 6) is 0.713. The maximum absolute atomic E-state index is 12.0. The van der Waals surface area contributed by atoms with Gasteiger partial charge in [0.05, 0.1) is 10.6 Å². The molecule has 0 saturated heterocycles. The van der Waals surface area contributed by atoms with Crippen molar-refractivity contribution in [2.24, 2.45) is 0 Å². The Bertz CT molecular complexity index is 584. The van der Waals surface area contributed by atoms with Crippen molar-refractivity contribution in [2.75, 3.05) is 12.4 Å². The quantitative estimate of drug-likeness (QED) is 0.847. The largest absolute Gasteiger partial charge is 0.492 e. The number of benzene rings is 1. The number of hydrogen-bond acceptors (Lipinski definition) is 4. The van der Waals surface area contributed by atoms with Crippen molar-refractivity contribution in [2.45, 2.75) is 11.8 Å². The number of hydrogen-bond donors (Lipinski definition) is 0. The molecule has 0 N–H and O–H groups in total. The van der Waals surface area contributed by atoms with Crippen molar-refractivity contribution in [3.05, 3.63) is 46.7 Å². The van der Waals surface area contributed by atoms with Crippen LogP contribution < -0.4 is 4.74 Å². The highest BCUT2D eigenvalue weighted by atomic mass is 32.2. The lowest BCUT2D eigenvalue weighted by molar-refractivity contribution is 0.342. The Labute approximate surface area is 111 Å². The zero-order valence-corrected chi connectivity index (χ0v) is 11.6. The van der Waals surface area contributed by atoms with Crippen LogP contribution in [0.2, 0.25) is 0 Å². The summed E-state index contributed by atoms with van der Waals surface area (Å²) in [6.45, 7) is 2.10. The number of sulfone groups is 1. The minimum atomic E-state index is -3.25. The zero-order chi connectivity index (χ0) is 13.0. The molecule has 0 atom stereocenters. The van der Waals surface area contributed by atoms with E-state index in [2.05, 4.69) is 0 Å². The Hall–Kier alpha value is -1.33. The second-order valence-electron chi connectivity index (χ2n) is 3.94. The van der Waals surface area contributed by atoms with Gasteiger partial charge in [0, 0.05) is 5.38 Å². The van der Waals surface area contributed by atoms with E-state index in [9.17, 15) is 8.42 Å². The Morgan fingerprint density at radius 1 is 1.17 bits per heavy atom. The average Bonchev–Trinajstić information content (AvgIpc) is 2.82. The number of ether oxygens (including phenoxy) is 1. The maximum Gasteiger partial charge on any atom is 0.181 e. The molecule has 0 bridgehead atoms. The third-order valence-electron chi connectivity index (χ3n) is 2.50. The second-order valence-corrected chi connectivity index (χ2v) is 6.83. The molecule has 1 aromatic carbocycles. The van der Waals surface area contributed by atoms with Crippen LogP contribution in [0.15, 0.2) is 46.0 Å². The lowest BCUT2D eigenvalue weighted by atomic mass is 10.2.